The lowest BCUT2D eigenvalue weighted by Gasteiger charge is -2.39. The summed E-state index contributed by atoms with van der Waals surface area (Å²) in [6.07, 6.45) is 3.59. The molecule has 1 aliphatic heterocycles. The van der Waals surface area contributed by atoms with Crippen molar-refractivity contribution in [3.63, 3.8) is 0 Å². The Morgan fingerprint density at radius 3 is 2.96 bits per heavy atom. The van der Waals surface area contributed by atoms with Crippen molar-refractivity contribution in [3.8, 4) is 11.3 Å². The standard InChI is InChI=1S/C17H21FN4O2/c1-4-12-9-22(11(2)10-24-12)17-20-15(7-16(23)21(17)3)13-5-6-19-8-14(13)18/h5-8,11-12H,4,9-10H2,1-3H3/t11-,12-/m1/s1. The molecular formula is C17H21FN4O2. The minimum absolute atomic E-state index is 0.0865. The van der Waals surface area contributed by atoms with Gasteiger partial charge in [0.2, 0.25) is 5.95 Å². The second-order valence-corrected chi connectivity index (χ2v) is 6.06. The molecule has 2 aromatic heterocycles. The van der Waals surface area contributed by atoms with Crippen molar-refractivity contribution in [2.24, 2.45) is 7.05 Å². The van der Waals surface area contributed by atoms with E-state index < -0.39 is 5.82 Å². The van der Waals surface area contributed by atoms with Gasteiger partial charge in [-0.05, 0) is 19.4 Å². The van der Waals surface area contributed by atoms with Crippen molar-refractivity contribution >= 4 is 5.95 Å². The Bertz CT molecular complexity index is 792. The summed E-state index contributed by atoms with van der Waals surface area (Å²) in [5.74, 6) is 0.0358. The van der Waals surface area contributed by atoms with Crippen molar-refractivity contribution in [2.45, 2.75) is 32.4 Å². The van der Waals surface area contributed by atoms with Gasteiger partial charge in [-0.2, -0.15) is 0 Å². The average molecular weight is 332 g/mol. The third-order valence-corrected chi connectivity index (χ3v) is 4.38. The van der Waals surface area contributed by atoms with Crippen LogP contribution in [0, 0.1) is 5.82 Å². The smallest absolute Gasteiger partial charge is 0.255 e. The maximum absolute atomic E-state index is 14.0. The summed E-state index contributed by atoms with van der Waals surface area (Å²) in [5.41, 5.74) is 0.370. The van der Waals surface area contributed by atoms with Gasteiger partial charge >= 0.3 is 0 Å². The van der Waals surface area contributed by atoms with Gasteiger partial charge in [-0.15, -0.1) is 0 Å². The molecule has 3 rings (SSSR count). The van der Waals surface area contributed by atoms with E-state index in [1.54, 1.807) is 7.05 Å². The van der Waals surface area contributed by atoms with Crippen LogP contribution in [-0.4, -0.2) is 39.8 Å². The number of aromatic nitrogens is 3. The van der Waals surface area contributed by atoms with Gasteiger partial charge in [-0.25, -0.2) is 9.37 Å². The number of ether oxygens (including phenoxy) is 1. The summed E-state index contributed by atoms with van der Waals surface area (Å²) in [6, 6.07) is 2.96. The molecule has 0 aliphatic carbocycles. The van der Waals surface area contributed by atoms with Crippen LogP contribution in [-0.2, 0) is 11.8 Å². The molecule has 0 N–H and O–H groups in total. The summed E-state index contributed by atoms with van der Waals surface area (Å²) in [5, 5.41) is 0. The number of morpholine rings is 1. The second kappa shape index (κ2) is 6.68. The van der Waals surface area contributed by atoms with E-state index in [-0.39, 0.29) is 23.3 Å². The van der Waals surface area contributed by atoms with E-state index in [4.69, 9.17) is 4.74 Å². The molecule has 0 saturated carbocycles. The second-order valence-electron chi connectivity index (χ2n) is 6.06. The van der Waals surface area contributed by atoms with Gasteiger partial charge in [-0.3, -0.25) is 14.3 Å². The molecule has 3 heterocycles. The van der Waals surface area contributed by atoms with Gasteiger partial charge in [0.05, 0.1) is 30.6 Å². The van der Waals surface area contributed by atoms with E-state index >= 15 is 0 Å². The predicted molar refractivity (Wildman–Crippen MR) is 89.5 cm³/mol. The van der Waals surface area contributed by atoms with Gasteiger partial charge in [0.15, 0.2) is 5.82 Å². The van der Waals surface area contributed by atoms with E-state index in [0.29, 0.717) is 24.8 Å². The normalized spacial score (nSPS) is 21.1. The molecule has 2 atom stereocenters. The molecule has 0 bridgehead atoms. The molecule has 1 saturated heterocycles. The van der Waals surface area contributed by atoms with E-state index in [2.05, 4.69) is 21.8 Å². The zero-order valence-electron chi connectivity index (χ0n) is 14.1. The molecule has 7 heteroatoms. The lowest BCUT2D eigenvalue weighted by molar-refractivity contribution is 0.0198. The first-order valence-electron chi connectivity index (χ1n) is 8.07. The molecule has 128 valence electrons. The zero-order valence-corrected chi connectivity index (χ0v) is 14.1. The Hall–Kier alpha value is -2.28. The monoisotopic (exact) mass is 332 g/mol. The van der Waals surface area contributed by atoms with E-state index in [9.17, 15) is 9.18 Å². The Balaban J connectivity index is 2.08. The molecule has 1 fully saturated rings. The van der Waals surface area contributed by atoms with Crippen LogP contribution in [0.2, 0.25) is 0 Å². The Labute approximate surface area is 139 Å². The van der Waals surface area contributed by atoms with Crippen LogP contribution in [0.25, 0.3) is 11.3 Å². The molecule has 6 nitrogen and oxygen atoms in total. The van der Waals surface area contributed by atoms with Crippen LogP contribution in [0.1, 0.15) is 20.3 Å². The van der Waals surface area contributed by atoms with Crippen molar-refractivity contribution in [2.75, 3.05) is 18.1 Å². The highest BCUT2D eigenvalue weighted by Crippen LogP contribution is 2.24. The quantitative estimate of drug-likeness (QED) is 0.860. The molecule has 0 aromatic carbocycles. The highest BCUT2D eigenvalue weighted by Gasteiger charge is 2.28. The summed E-state index contributed by atoms with van der Waals surface area (Å²) in [4.78, 5) is 22.7. The molecule has 0 spiro atoms. The van der Waals surface area contributed by atoms with Crippen molar-refractivity contribution in [1.82, 2.24) is 14.5 Å². The van der Waals surface area contributed by atoms with Crippen molar-refractivity contribution in [3.05, 3.63) is 40.7 Å². The van der Waals surface area contributed by atoms with Crippen LogP contribution in [0.5, 0.6) is 0 Å². The average Bonchev–Trinajstić information content (AvgIpc) is 2.58. The van der Waals surface area contributed by atoms with E-state index in [0.717, 1.165) is 12.6 Å². The predicted octanol–water partition coefficient (Wildman–Crippen LogP) is 1.99. The number of rotatable bonds is 3. The third kappa shape index (κ3) is 3.03. The third-order valence-electron chi connectivity index (χ3n) is 4.38. The van der Waals surface area contributed by atoms with Gasteiger partial charge in [0.1, 0.15) is 0 Å². The topological polar surface area (TPSA) is 60.2 Å². The van der Waals surface area contributed by atoms with E-state index in [1.165, 1.54) is 22.9 Å². The number of hydrogen-bond donors (Lipinski definition) is 0. The SMILES string of the molecule is CC[C@@H]1CN(c2nc(-c3ccncc3F)cc(=O)n2C)[C@H](C)CO1. The number of pyridine rings is 1. The Morgan fingerprint density at radius 1 is 1.46 bits per heavy atom. The number of halogens is 1. The first kappa shape index (κ1) is 16.6. The van der Waals surface area contributed by atoms with E-state index in [1.807, 2.05) is 6.92 Å². The molecule has 24 heavy (non-hydrogen) atoms. The minimum Gasteiger partial charge on any atom is -0.374 e. The number of nitrogens with zero attached hydrogens (tertiary/aromatic N) is 4. The fraction of sp³-hybridized carbons (Fsp3) is 0.471. The van der Waals surface area contributed by atoms with Gasteiger partial charge in [0, 0.05) is 31.4 Å². The summed E-state index contributed by atoms with van der Waals surface area (Å²) >= 11 is 0. The lowest BCUT2D eigenvalue weighted by Crippen LogP contribution is -2.50. The molecule has 2 aromatic rings. The lowest BCUT2D eigenvalue weighted by atomic mass is 10.1. The molecule has 0 radical (unpaired) electrons. The Morgan fingerprint density at radius 2 is 2.25 bits per heavy atom. The van der Waals surface area contributed by atoms with Gasteiger partial charge in [0.25, 0.3) is 5.56 Å². The molecular weight excluding hydrogens is 311 g/mol. The molecule has 1 aliphatic rings. The fourth-order valence-electron chi connectivity index (χ4n) is 2.85. The highest BCUT2D eigenvalue weighted by molar-refractivity contribution is 5.60. The number of hydrogen-bond acceptors (Lipinski definition) is 5. The number of anilines is 1. The van der Waals surface area contributed by atoms with Gasteiger partial charge < -0.3 is 9.64 Å². The van der Waals surface area contributed by atoms with Crippen molar-refractivity contribution < 1.29 is 9.13 Å². The van der Waals surface area contributed by atoms with Crippen LogP contribution >= 0.6 is 0 Å². The van der Waals surface area contributed by atoms with Crippen LogP contribution in [0.4, 0.5) is 10.3 Å². The first-order chi connectivity index (χ1) is 11.5. The molecule has 0 unspecified atom stereocenters. The molecule has 0 amide bonds. The zero-order chi connectivity index (χ0) is 17.3. The first-order valence-corrected chi connectivity index (χ1v) is 8.07. The van der Waals surface area contributed by atoms with Crippen molar-refractivity contribution in [1.29, 1.82) is 0 Å². The van der Waals surface area contributed by atoms with Crippen LogP contribution in [0.3, 0.4) is 0 Å². The summed E-state index contributed by atoms with van der Waals surface area (Å²) in [7, 11) is 1.68. The Kier molecular flexibility index (Phi) is 4.62. The highest BCUT2D eigenvalue weighted by atomic mass is 19.1. The maximum atomic E-state index is 14.0. The minimum atomic E-state index is -0.495. The summed E-state index contributed by atoms with van der Waals surface area (Å²) in [6.45, 7) is 5.31. The summed E-state index contributed by atoms with van der Waals surface area (Å²) < 4.78 is 21.3. The van der Waals surface area contributed by atoms with Crippen LogP contribution in [0.15, 0.2) is 29.3 Å². The van der Waals surface area contributed by atoms with Gasteiger partial charge in [-0.1, -0.05) is 6.92 Å². The largest absolute Gasteiger partial charge is 0.374 e. The van der Waals surface area contributed by atoms with Crippen LogP contribution < -0.4 is 10.5 Å². The maximum Gasteiger partial charge on any atom is 0.255 e. The fourth-order valence-corrected chi connectivity index (χ4v) is 2.85.